The van der Waals surface area contributed by atoms with E-state index in [1.165, 1.54) is 98.6 Å². The fourth-order valence-corrected chi connectivity index (χ4v) is 13.7. The summed E-state index contributed by atoms with van der Waals surface area (Å²) in [4.78, 5) is 4.86. The Hall–Kier alpha value is -11.2. The standard InChI is InChI=1S/C82H58N4/c1-55-81(61-25-5-3-6-26-61)73-53-63(41-51-79(73)83(55)65-43-47-67(48-44-65)85(75-37-17-29-57-21-9-13-33-69(57)75)76-38-18-30-58-22-10-14-34-70(58)76)64-42-52-80-74(54-64)82(62-27-7-4-8-28-62)56(2)84(80)66-45-49-68(50-46-66)86(77-39-19-31-59-23-11-15-35-71(59)77)78-40-20-32-60-24-12-16-36-72(60)78/h3-54H,1-2H3. The fourth-order valence-electron chi connectivity index (χ4n) is 13.7. The summed E-state index contributed by atoms with van der Waals surface area (Å²) < 4.78 is 4.89. The van der Waals surface area contributed by atoms with E-state index >= 15 is 0 Å². The molecule has 0 aliphatic carbocycles. The van der Waals surface area contributed by atoms with Crippen molar-refractivity contribution in [1.29, 1.82) is 0 Å². The minimum atomic E-state index is 1.09. The molecule has 0 aliphatic heterocycles. The van der Waals surface area contributed by atoms with Crippen molar-refractivity contribution >= 4 is 99.0 Å². The van der Waals surface area contributed by atoms with E-state index in [2.05, 4.69) is 348 Å². The molecule has 0 aliphatic rings. The minimum Gasteiger partial charge on any atom is -0.313 e. The summed E-state index contributed by atoms with van der Waals surface area (Å²) in [5.74, 6) is 0. The lowest BCUT2D eigenvalue weighted by atomic mass is 9.96. The quantitative estimate of drug-likeness (QED) is 0.128. The number of benzene rings is 14. The van der Waals surface area contributed by atoms with E-state index in [0.717, 1.165) is 56.5 Å². The molecule has 2 heterocycles. The van der Waals surface area contributed by atoms with Gasteiger partial charge in [0.1, 0.15) is 0 Å². The van der Waals surface area contributed by atoms with E-state index < -0.39 is 0 Å². The van der Waals surface area contributed by atoms with Crippen LogP contribution in [-0.4, -0.2) is 9.13 Å². The van der Waals surface area contributed by atoms with Crippen molar-refractivity contribution in [1.82, 2.24) is 9.13 Å². The van der Waals surface area contributed by atoms with Crippen molar-refractivity contribution in [2.24, 2.45) is 0 Å². The molecule has 86 heavy (non-hydrogen) atoms. The zero-order valence-corrected chi connectivity index (χ0v) is 47.8. The fraction of sp³-hybridized carbons (Fsp3) is 0.0244. The first-order chi connectivity index (χ1) is 42.5. The molecular formula is C82H58N4. The van der Waals surface area contributed by atoms with Crippen LogP contribution in [0.15, 0.2) is 315 Å². The van der Waals surface area contributed by atoms with Gasteiger partial charge in [0.25, 0.3) is 0 Å². The highest BCUT2D eigenvalue weighted by Crippen LogP contribution is 2.47. The molecule has 0 amide bonds. The lowest BCUT2D eigenvalue weighted by molar-refractivity contribution is 1.05. The van der Waals surface area contributed by atoms with Crippen LogP contribution in [-0.2, 0) is 0 Å². The number of nitrogens with zero attached hydrogens (tertiary/aromatic N) is 4. The summed E-state index contributed by atoms with van der Waals surface area (Å²) in [6.45, 7) is 4.55. The molecule has 0 saturated heterocycles. The average Bonchev–Trinajstić information content (AvgIpc) is 1.79. The molecule has 16 aromatic rings. The maximum Gasteiger partial charge on any atom is 0.0540 e. The summed E-state index contributed by atoms with van der Waals surface area (Å²) in [5, 5.41) is 12.1. The molecule has 0 N–H and O–H groups in total. The molecule has 16 rings (SSSR count). The summed E-state index contributed by atoms with van der Waals surface area (Å²) in [7, 11) is 0. The third-order valence-electron chi connectivity index (χ3n) is 17.6. The van der Waals surface area contributed by atoms with Crippen molar-refractivity contribution in [3.63, 3.8) is 0 Å². The predicted octanol–water partition coefficient (Wildman–Crippen LogP) is 22.7. The van der Waals surface area contributed by atoms with Gasteiger partial charge in [0.05, 0.1) is 33.8 Å². The Balaban J connectivity index is 0.811. The van der Waals surface area contributed by atoms with E-state index in [4.69, 9.17) is 0 Å². The Kier molecular flexibility index (Phi) is 12.3. The SMILES string of the molecule is Cc1c(-c2ccccc2)c2cc(-c3ccc4c(c3)c(-c3ccccc3)c(C)n4-c3ccc(N(c4cccc5ccccc45)c4cccc5ccccc45)cc3)ccc2n1-c1ccc(N(c2cccc3ccccc23)c2cccc3ccccc23)cc1. The van der Waals surface area contributed by atoms with Gasteiger partial charge in [-0.15, -0.1) is 0 Å². The highest BCUT2D eigenvalue weighted by molar-refractivity contribution is 6.08. The molecule has 2 aromatic heterocycles. The Morgan fingerprint density at radius 1 is 0.233 bits per heavy atom. The Morgan fingerprint density at radius 2 is 0.523 bits per heavy atom. The van der Waals surface area contributed by atoms with Gasteiger partial charge in [-0.3, -0.25) is 0 Å². The Bertz CT molecular complexity index is 4740. The molecular weight excluding hydrogens is 1040 g/mol. The van der Waals surface area contributed by atoms with Crippen LogP contribution in [0.25, 0.3) is 110 Å². The second-order valence-electron chi connectivity index (χ2n) is 22.5. The van der Waals surface area contributed by atoms with E-state index in [1.54, 1.807) is 0 Å². The first-order valence-electron chi connectivity index (χ1n) is 29.7. The van der Waals surface area contributed by atoms with Gasteiger partial charge in [0.2, 0.25) is 0 Å². The molecule has 0 spiro atoms. The van der Waals surface area contributed by atoms with Gasteiger partial charge in [-0.25, -0.2) is 0 Å². The molecule has 14 aromatic carbocycles. The first kappa shape index (κ1) is 50.5. The van der Waals surface area contributed by atoms with Crippen molar-refractivity contribution < 1.29 is 0 Å². The summed E-state index contributed by atoms with van der Waals surface area (Å²) in [5.41, 5.74) is 20.8. The third kappa shape index (κ3) is 8.45. The van der Waals surface area contributed by atoms with E-state index in [-0.39, 0.29) is 0 Å². The highest BCUT2D eigenvalue weighted by atomic mass is 15.2. The lowest BCUT2D eigenvalue weighted by Crippen LogP contribution is -2.11. The molecule has 0 bridgehead atoms. The molecule has 0 radical (unpaired) electrons. The summed E-state index contributed by atoms with van der Waals surface area (Å²) >= 11 is 0. The molecule has 0 unspecified atom stereocenters. The van der Waals surface area contributed by atoms with Crippen molar-refractivity contribution in [2.45, 2.75) is 13.8 Å². The predicted molar refractivity (Wildman–Crippen MR) is 365 cm³/mol. The van der Waals surface area contributed by atoms with E-state index in [9.17, 15) is 0 Å². The largest absolute Gasteiger partial charge is 0.313 e. The molecule has 0 saturated carbocycles. The van der Waals surface area contributed by atoms with Gasteiger partial charge in [-0.2, -0.15) is 0 Å². The Labute approximate surface area is 500 Å². The molecule has 406 valence electrons. The molecule has 4 heteroatoms. The van der Waals surface area contributed by atoms with Crippen LogP contribution in [0.4, 0.5) is 34.1 Å². The number of fused-ring (bicyclic) bond motifs is 6. The van der Waals surface area contributed by atoms with Crippen LogP contribution < -0.4 is 9.80 Å². The normalized spacial score (nSPS) is 11.6. The maximum atomic E-state index is 2.44. The van der Waals surface area contributed by atoms with Crippen LogP contribution in [0.3, 0.4) is 0 Å². The van der Waals surface area contributed by atoms with Crippen LogP contribution in [0, 0.1) is 13.8 Å². The van der Waals surface area contributed by atoms with Gasteiger partial charge in [0, 0.05) is 77.6 Å². The number of hydrogen-bond donors (Lipinski definition) is 0. The van der Waals surface area contributed by atoms with Crippen LogP contribution >= 0.6 is 0 Å². The van der Waals surface area contributed by atoms with Gasteiger partial charge in [0.15, 0.2) is 0 Å². The van der Waals surface area contributed by atoms with Crippen molar-refractivity contribution in [2.75, 3.05) is 9.80 Å². The van der Waals surface area contributed by atoms with Crippen LogP contribution in [0.5, 0.6) is 0 Å². The second-order valence-corrected chi connectivity index (χ2v) is 22.5. The average molecular weight is 1100 g/mol. The molecule has 0 atom stereocenters. The highest BCUT2D eigenvalue weighted by Gasteiger charge is 2.24. The monoisotopic (exact) mass is 1100 g/mol. The van der Waals surface area contributed by atoms with E-state index in [1.807, 2.05) is 0 Å². The van der Waals surface area contributed by atoms with E-state index in [0.29, 0.717) is 0 Å². The molecule has 4 nitrogen and oxygen atoms in total. The summed E-state index contributed by atoms with van der Waals surface area (Å²) in [6.07, 6.45) is 0. The Morgan fingerprint density at radius 3 is 0.849 bits per heavy atom. The smallest absolute Gasteiger partial charge is 0.0540 e. The van der Waals surface area contributed by atoms with Crippen LogP contribution in [0.2, 0.25) is 0 Å². The zero-order valence-electron chi connectivity index (χ0n) is 47.8. The third-order valence-corrected chi connectivity index (χ3v) is 17.6. The summed E-state index contributed by atoms with van der Waals surface area (Å²) in [6, 6.07) is 115. The number of hydrogen-bond acceptors (Lipinski definition) is 2. The van der Waals surface area contributed by atoms with Crippen molar-refractivity contribution in [3.05, 3.63) is 327 Å². The second kappa shape index (κ2) is 20.9. The number of rotatable bonds is 11. The number of anilines is 6. The first-order valence-corrected chi connectivity index (χ1v) is 29.7. The number of aromatic nitrogens is 2. The van der Waals surface area contributed by atoms with Crippen LogP contribution in [0.1, 0.15) is 11.4 Å². The topological polar surface area (TPSA) is 16.3 Å². The van der Waals surface area contributed by atoms with Crippen molar-refractivity contribution in [3.8, 4) is 44.8 Å². The lowest BCUT2D eigenvalue weighted by Gasteiger charge is -2.28. The molecule has 0 fully saturated rings. The minimum absolute atomic E-state index is 1.09. The van der Waals surface area contributed by atoms with Gasteiger partial charge < -0.3 is 18.9 Å². The zero-order chi connectivity index (χ0) is 57.2. The maximum absolute atomic E-state index is 2.44. The van der Waals surface area contributed by atoms with Gasteiger partial charge >= 0.3 is 0 Å². The van der Waals surface area contributed by atoms with Gasteiger partial charge in [-0.05, 0) is 155 Å². The van der Waals surface area contributed by atoms with Gasteiger partial charge in [-0.1, -0.05) is 218 Å².